The van der Waals surface area contributed by atoms with Crippen LogP contribution in [0.1, 0.15) is 4.88 Å². The first-order valence-corrected chi connectivity index (χ1v) is 6.54. The van der Waals surface area contributed by atoms with E-state index >= 15 is 0 Å². The highest BCUT2D eigenvalue weighted by Crippen LogP contribution is 2.29. The van der Waals surface area contributed by atoms with E-state index in [1.165, 1.54) is 18.2 Å². The molecule has 100 valence electrons. The molecule has 20 heavy (non-hydrogen) atoms. The summed E-state index contributed by atoms with van der Waals surface area (Å²) in [6, 6.07) is 3.94. The number of hydrogen-bond acceptors (Lipinski definition) is 6. The summed E-state index contributed by atoms with van der Waals surface area (Å²) < 4.78 is 0.302. The Morgan fingerprint density at radius 3 is 2.80 bits per heavy atom. The molecule has 0 saturated carbocycles. The van der Waals surface area contributed by atoms with Gasteiger partial charge in [-0.1, -0.05) is 0 Å². The maximum absolute atomic E-state index is 11.9. The molecular formula is C11H5N3O4S2. The molecule has 1 aromatic heterocycles. The van der Waals surface area contributed by atoms with E-state index in [2.05, 4.69) is 9.98 Å². The topological polar surface area (TPSA) is 109 Å². The Labute approximate surface area is 119 Å². The van der Waals surface area contributed by atoms with Crippen molar-refractivity contribution in [3.63, 3.8) is 0 Å². The van der Waals surface area contributed by atoms with Crippen molar-refractivity contribution < 1.29 is 14.8 Å². The van der Waals surface area contributed by atoms with Gasteiger partial charge in [0.05, 0.1) is 15.9 Å². The number of thiazole rings is 1. The van der Waals surface area contributed by atoms with Gasteiger partial charge in [0.25, 0.3) is 11.6 Å². The molecule has 0 aliphatic carbocycles. The minimum atomic E-state index is -0.556. The van der Waals surface area contributed by atoms with Crippen LogP contribution >= 0.6 is 23.6 Å². The second-order valence-electron chi connectivity index (χ2n) is 3.94. The van der Waals surface area contributed by atoms with Crippen LogP contribution in [0, 0.1) is 14.1 Å². The summed E-state index contributed by atoms with van der Waals surface area (Å²) in [4.78, 5) is 28.8. The number of aromatic hydroxyl groups is 1. The number of nitrogens with zero attached hydrogens (tertiary/aromatic N) is 2. The predicted molar refractivity (Wildman–Crippen MR) is 72.6 cm³/mol. The summed E-state index contributed by atoms with van der Waals surface area (Å²) in [7, 11) is 0. The molecule has 0 fully saturated rings. The molecule has 0 atom stereocenters. The molecule has 0 unspecified atom stereocenters. The first kappa shape index (κ1) is 12.6. The van der Waals surface area contributed by atoms with Crippen LogP contribution in [0.2, 0.25) is 0 Å². The van der Waals surface area contributed by atoms with Crippen LogP contribution in [-0.4, -0.2) is 20.9 Å². The molecule has 0 bridgehead atoms. The van der Waals surface area contributed by atoms with Gasteiger partial charge < -0.3 is 10.1 Å². The number of H-pyrrole nitrogens is 1. The summed E-state index contributed by atoms with van der Waals surface area (Å²) in [6.45, 7) is 0. The Kier molecular flexibility index (Phi) is 2.73. The Balaban J connectivity index is 2.41. The third-order valence-corrected chi connectivity index (χ3v) is 3.99. The first-order valence-electron chi connectivity index (χ1n) is 5.31. The second kappa shape index (κ2) is 4.32. The molecule has 9 heteroatoms. The van der Waals surface area contributed by atoms with E-state index in [1.807, 2.05) is 0 Å². The minimum absolute atomic E-state index is 0.124. The van der Waals surface area contributed by atoms with Crippen LogP contribution < -0.4 is 10.6 Å². The van der Waals surface area contributed by atoms with E-state index in [1.54, 1.807) is 0 Å². The highest BCUT2D eigenvalue weighted by Gasteiger charge is 2.24. The molecule has 1 amide bonds. The highest BCUT2D eigenvalue weighted by atomic mass is 32.1. The molecule has 2 aromatic rings. The average Bonchev–Trinajstić information content (AvgIpc) is 2.86. The lowest BCUT2D eigenvalue weighted by Crippen LogP contribution is -2.23. The number of rotatable bonds is 2. The highest BCUT2D eigenvalue weighted by molar-refractivity contribution is 7.73. The van der Waals surface area contributed by atoms with Crippen molar-refractivity contribution in [2.75, 3.05) is 0 Å². The zero-order valence-corrected chi connectivity index (χ0v) is 11.2. The SMILES string of the molecule is O=C1N=c2ccc([N+](=O)[O-])cc2=C1c1sc(=S)[nH]c1O. The first-order chi connectivity index (χ1) is 9.47. The van der Waals surface area contributed by atoms with Crippen molar-refractivity contribution >= 4 is 40.7 Å². The molecule has 7 nitrogen and oxygen atoms in total. The largest absolute Gasteiger partial charge is 0.494 e. The van der Waals surface area contributed by atoms with Gasteiger partial charge in [-0.3, -0.25) is 14.9 Å². The smallest absolute Gasteiger partial charge is 0.279 e. The zero-order chi connectivity index (χ0) is 14.4. The summed E-state index contributed by atoms with van der Waals surface area (Å²) in [6.07, 6.45) is 0. The van der Waals surface area contributed by atoms with Crippen LogP contribution in [0.15, 0.2) is 23.2 Å². The fourth-order valence-electron chi connectivity index (χ4n) is 1.92. The third-order valence-electron chi connectivity index (χ3n) is 2.75. The zero-order valence-electron chi connectivity index (χ0n) is 9.61. The van der Waals surface area contributed by atoms with E-state index in [9.17, 15) is 20.0 Å². The molecule has 0 radical (unpaired) electrons. The number of non-ortho nitro benzene ring substituents is 1. The molecule has 2 heterocycles. The van der Waals surface area contributed by atoms with E-state index in [-0.39, 0.29) is 22.0 Å². The number of nitro benzene ring substituents is 1. The molecular weight excluding hydrogens is 302 g/mol. The van der Waals surface area contributed by atoms with Gasteiger partial charge in [-0.05, 0) is 18.3 Å². The van der Waals surface area contributed by atoms with Gasteiger partial charge in [-0.2, -0.15) is 0 Å². The van der Waals surface area contributed by atoms with Gasteiger partial charge in [0, 0.05) is 17.4 Å². The lowest BCUT2D eigenvalue weighted by Gasteiger charge is -1.96. The van der Waals surface area contributed by atoms with Gasteiger partial charge in [-0.15, -0.1) is 11.3 Å². The number of carbonyl (C=O) groups excluding carboxylic acids is 1. The van der Waals surface area contributed by atoms with Crippen molar-refractivity contribution in [3.8, 4) is 5.88 Å². The van der Waals surface area contributed by atoms with Gasteiger partial charge in [-0.25, -0.2) is 4.99 Å². The van der Waals surface area contributed by atoms with Crippen molar-refractivity contribution in [2.24, 2.45) is 4.99 Å². The quantitative estimate of drug-likeness (QED) is 0.484. The van der Waals surface area contributed by atoms with Crippen LogP contribution in [0.25, 0.3) is 5.57 Å². The van der Waals surface area contributed by atoms with Crippen LogP contribution in [-0.2, 0) is 4.79 Å². The number of aromatic amines is 1. The molecule has 2 N–H and O–H groups in total. The second-order valence-corrected chi connectivity index (χ2v) is 5.63. The van der Waals surface area contributed by atoms with Crippen LogP contribution in [0.3, 0.4) is 0 Å². The summed E-state index contributed by atoms with van der Waals surface area (Å²) in [5.74, 6) is -0.793. The molecule has 0 spiro atoms. The van der Waals surface area contributed by atoms with Gasteiger partial charge in [0.15, 0.2) is 3.95 Å². The van der Waals surface area contributed by atoms with Gasteiger partial charge in [0.1, 0.15) is 4.88 Å². The predicted octanol–water partition coefficient (Wildman–Crippen LogP) is 0.778. The number of nitrogens with one attached hydrogen (secondary N) is 1. The number of hydrogen-bond donors (Lipinski definition) is 2. The number of carbonyl (C=O) groups is 1. The van der Waals surface area contributed by atoms with E-state index in [0.29, 0.717) is 14.5 Å². The lowest BCUT2D eigenvalue weighted by atomic mass is 10.1. The Bertz CT molecular complexity index is 941. The number of benzene rings is 1. The lowest BCUT2D eigenvalue weighted by molar-refractivity contribution is -0.385. The summed E-state index contributed by atoms with van der Waals surface area (Å²) >= 11 is 5.91. The molecule has 1 aliphatic heterocycles. The number of aromatic nitrogens is 1. The normalized spacial score (nSPS) is 13.2. The monoisotopic (exact) mass is 307 g/mol. The van der Waals surface area contributed by atoms with Crippen molar-refractivity contribution in [2.45, 2.75) is 0 Å². The Hall–Kier alpha value is -2.39. The number of amides is 1. The van der Waals surface area contributed by atoms with E-state index in [4.69, 9.17) is 12.2 Å². The summed E-state index contributed by atoms with van der Waals surface area (Å²) in [5, 5.41) is 21.2. The molecule has 1 aliphatic rings. The maximum Gasteiger partial charge on any atom is 0.279 e. The average molecular weight is 307 g/mol. The van der Waals surface area contributed by atoms with Crippen molar-refractivity contribution in [1.82, 2.24) is 4.98 Å². The van der Waals surface area contributed by atoms with E-state index in [0.717, 1.165) is 11.3 Å². The maximum atomic E-state index is 11.9. The molecule has 3 rings (SSSR count). The third kappa shape index (κ3) is 1.84. The molecule has 1 aromatic carbocycles. The van der Waals surface area contributed by atoms with Gasteiger partial charge >= 0.3 is 0 Å². The Morgan fingerprint density at radius 1 is 1.45 bits per heavy atom. The minimum Gasteiger partial charge on any atom is -0.494 e. The van der Waals surface area contributed by atoms with Crippen LogP contribution in [0.4, 0.5) is 5.69 Å². The van der Waals surface area contributed by atoms with Crippen molar-refractivity contribution in [3.05, 3.63) is 47.7 Å². The standard InChI is InChI=1S/C11H5N3O4S2/c15-9-7(8-10(16)13-11(19)20-8)5-3-4(14(17)18)1-2-6(5)12-9/h1-3,16H,(H,13,19). The fraction of sp³-hybridized carbons (Fsp3) is 0. The number of nitro groups is 1. The van der Waals surface area contributed by atoms with Gasteiger partial charge in [0.2, 0.25) is 5.88 Å². The number of fused-ring (bicyclic) bond motifs is 1. The molecule has 0 saturated heterocycles. The van der Waals surface area contributed by atoms with Crippen molar-refractivity contribution in [1.29, 1.82) is 0 Å². The summed E-state index contributed by atoms with van der Waals surface area (Å²) in [5.41, 5.74) is -0.0247. The Morgan fingerprint density at radius 2 is 2.20 bits per heavy atom. The van der Waals surface area contributed by atoms with Crippen LogP contribution in [0.5, 0.6) is 5.88 Å². The van der Waals surface area contributed by atoms with E-state index < -0.39 is 10.8 Å². The fourth-order valence-corrected chi connectivity index (χ4v) is 3.05.